The fourth-order valence-electron chi connectivity index (χ4n) is 1.14. The Labute approximate surface area is 107 Å². The summed E-state index contributed by atoms with van der Waals surface area (Å²) in [5.74, 6) is -3.67. The van der Waals surface area contributed by atoms with E-state index in [-0.39, 0.29) is 5.11 Å². The Morgan fingerprint density at radius 2 is 1.78 bits per heavy atom. The molecule has 0 unspecified atom stereocenters. The monoisotopic (exact) mass is 277 g/mol. The number of anilines is 1. The van der Waals surface area contributed by atoms with Gasteiger partial charge in [0.1, 0.15) is 11.5 Å². The number of hydrogen-bond acceptors (Lipinski definition) is 2. The summed E-state index contributed by atoms with van der Waals surface area (Å²) in [4.78, 5) is 10.8. The van der Waals surface area contributed by atoms with Crippen LogP contribution in [0, 0.1) is 17.5 Å². The van der Waals surface area contributed by atoms with Gasteiger partial charge >= 0.3 is 0 Å². The Morgan fingerprint density at radius 1 is 1.28 bits per heavy atom. The van der Waals surface area contributed by atoms with E-state index in [1.54, 1.807) is 0 Å². The van der Waals surface area contributed by atoms with E-state index in [9.17, 15) is 18.0 Å². The van der Waals surface area contributed by atoms with Crippen LogP contribution in [0.4, 0.5) is 18.9 Å². The molecule has 1 amide bonds. The van der Waals surface area contributed by atoms with Gasteiger partial charge in [-0.25, -0.2) is 13.2 Å². The lowest BCUT2D eigenvalue weighted by atomic mass is 10.3. The number of nitrogens with zero attached hydrogens (tertiary/aromatic N) is 1. The molecule has 1 rings (SSSR count). The zero-order valence-electron chi connectivity index (χ0n) is 9.55. The third-order valence-corrected chi connectivity index (χ3v) is 2.24. The second-order valence-corrected chi connectivity index (χ2v) is 3.79. The third kappa shape index (κ3) is 3.59. The molecule has 0 saturated carbocycles. The number of nitrogens with one attached hydrogen (secondary N) is 2. The van der Waals surface area contributed by atoms with Gasteiger partial charge in [0.2, 0.25) is 5.91 Å². The van der Waals surface area contributed by atoms with Crippen LogP contribution in [0.5, 0.6) is 0 Å². The molecule has 18 heavy (non-hydrogen) atoms. The van der Waals surface area contributed by atoms with E-state index in [1.165, 1.54) is 14.0 Å². The van der Waals surface area contributed by atoms with Crippen molar-refractivity contribution in [2.24, 2.45) is 0 Å². The summed E-state index contributed by atoms with van der Waals surface area (Å²) in [5.41, 5.74) is 1.70. The van der Waals surface area contributed by atoms with Gasteiger partial charge in [-0.05, 0) is 12.2 Å². The van der Waals surface area contributed by atoms with Crippen molar-refractivity contribution >= 4 is 28.9 Å². The molecule has 1 aromatic rings. The van der Waals surface area contributed by atoms with Gasteiger partial charge in [-0.2, -0.15) is 0 Å². The van der Waals surface area contributed by atoms with Crippen LogP contribution >= 0.6 is 12.2 Å². The highest BCUT2D eigenvalue weighted by atomic mass is 32.1. The second-order valence-electron chi connectivity index (χ2n) is 3.40. The molecule has 0 saturated heterocycles. The fraction of sp³-hybridized carbons (Fsp3) is 0.200. The highest BCUT2D eigenvalue weighted by Gasteiger charge is 2.14. The topological polar surface area (TPSA) is 44.4 Å². The molecule has 0 aromatic heterocycles. The summed E-state index contributed by atoms with van der Waals surface area (Å²) in [5, 5.41) is 3.16. The Bertz CT molecular complexity index is 472. The Morgan fingerprint density at radius 3 is 2.22 bits per heavy atom. The number of halogens is 3. The molecule has 8 heteroatoms. The number of carbonyl (C=O) groups is 1. The molecule has 0 heterocycles. The molecule has 0 atom stereocenters. The Hall–Kier alpha value is -1.83. The summed E-state index contributed by atoms with van der Waals surface area (Å²) >= 11 is 4.80. The smallest absolute Gasteiger partial charge is 0.235 e. The first-order valence-corrected chi connectivity index (χ1v) is 5.18. The zero-order valence-corrected chi connectivity index (χ0v) is 10.4. The predicted octanol–water partition coefficient (Wildman–Crippen LogP) is 1.78. The highest BCUT2D eigenvalue weighted by molar-refractivity contribution is 7.80. The quantitative estimate of drug-likeness (QED) is 0.607. The van der Waals surface area contributed by atoms with E-state index >= 15 is 0 Å². The molecule has 0 spiro atoms. The molecule has 2 N–H and O–H groups in total. The van der Waals surface area contributed by atoms with Crippen molar-refractivity contribution in [1.29, 1.82) is 0 Å². The number of amides is 1. The van der Waals surface area contributed by atoms with Crippen molar-refractivity contribution in [2.75, 3.05) is 12.4 Å². The van der Waals surface area contributed by atoms with E-state index in [1.807, 2.05) is 0 Å². The van der Waals surface area contributed by atoms with Gasteiger partial charge < -0.3 is 5.32 Å². The average Bonchev–Trinajstić information content (AvgIpc) is 2.21. The number of thiocarbonyl (C=S) groups is 1. The fourth-order valence-corrected chi connectivity index (χ4v) is 1.29. The summed E-state index contributed by atoms with van der Waals surface area (Å²) in [7, 11) is 1.38. The maximum absolute atomic E-state index is 13.3. The van der Waals surface area contributed by atoms with Crippen LogP contribution in [0.1, 0.15) is 6.92 Å². The standard InChI is InChI=1S/C10H10F3N3OS/c1-5(17)15-16(2)10(18)14-9-7(12)3-6(11)4-8(9)13/h3-4H,1-2H3,(H,14,18)(H,15,17). The van der Waals surface area contributed by atoms with Crippen LogP contribution in [0.3, 0.4) is 0 Å². The molecule has 0 aliphatic rings. The van der Waals surface area contributed by atoms with E-state index in [4.69, 9.17) is 12.2 Å². The van der Waals surface area contributed by atoms with Gasteiger partial charge in [-0.1, -0.05) is 0 Å². The van der Waals surface area contributed by atoms with Crippen molar-refractivity contribution in [3.8, 4) is 0 Å². The van der Waals surface area contributed by atoms with Crippen LogP contribution in [0.25, 0.3) is 0 Å². The maximum atomic E-state index is 13.3. The van der Waals surface area contributed by atoms with Gasteiger partial charge in [-0.15, -0.1) is 0 Å². The lowest BCUT2D eigenvalue weighted by Crippen LogP contribution is -2.44. The number of rotatable bonds is 1. The average molecular weight is 277 g/mol. The highest BCUT2D eigenvalue weighted by Crippen LogP contribution is 2.20. The van der Waals surface area contributed by atoms with Gasteiger partial charge in [0.15, 0.2) is 16.7 Å². The molecule has 1 aromatic carbocycles. The summed E-state index contributed by atoms with van der Waals surface area (Å²) in [6, 6.07) is 1.04. The molecule has 98 valence electrons. The van der Waals surface area contributed by atoms with Crippen LogP contribution in [-0.2, 0) is 4.79 Å². The SMILES string of the molecule is CC(=O)NN(C)C(=S)Nc1c(F)cc(F)cc1F. The Balaban J connectivity index is 2.85. The minimum Gasteiger partial charge on any atom is -0.326 e. The molecule has 0 aliphatic carbocycles. The third-order valence-electron chi connectivity index (χ3n) is 1.87. The lowest BCUT2D eigenvalue weighted by Gasteiger charge is -2.21. The van der Waals surface area contributed by atoms with E-state index in [0.717, 1.165) is 5.01 Å². The van der Waals surface area contributed by atoms with E-state index in [2.05, 4.69) is 10.7 Å². The molecule has 0 bridgehead atoms. The molecule has 0 radical (unpaired) electrons. The first-order chi connectivity index (χ1) is 8.31. The first-order valence-electron chi connectivity index (χ1n) is 4.77. The minimum absolute atomic E-state index is 0.144. The molecule has 4 nitrogen and oxygen atoms in total. The van der Waals surface area contributed by atoms with Crippen molar-refractivity contribution in [2.45, 2.75) is 6.92 Å². The van der Waals surface area contributed by atoms with Gasteiger partial charge in [0.05, 0.1) is 0 Å². The van der Waals surface area contributed by atoms with Crippen molar-refractivity contribution in [3.05, 3.63) is 29.6 Å². The zero-order chi connectivity index (χ0) is 13.9. The summed E-state index contributed by atoms with van der Waals surface area (Å²) < 4.78 is 39.2. The summed E-state index contributed by atoms with van der Waals surface area (Å²) in [6.45, 7) is 1.25. The number of hydrazine groups is 1. The second kappa shape index (κ2) is 5.67. The van der Waals surface area contributed by atoms with Crippen LogP contribution in [-0.4, -0.2) is 23.1 Å². The van der Waals surface area contributed by atoms with Crippen molar-refractivity contribution < 1.29 is 18.0 Å². The summed E-state index contributed by atoms with van der Waals surface area (Å²) in [6.07, 6.45) is 0. The number of hydrogen-bond donors (Lipinski definition) is 2. The van der Waals surface area contributed by atoms with Crippen LogP contribution < -0.4 is 10.7 Å². The maximum Gasteiger partial charge on any atom is 0.235 e. The van der Waals surface area contributed by atoms with Crippen molar-refractivity contribution in [3.63, 3.8) is 0 Å². The lowest BCUT2D eigenvalue weighted by molar-refractivity contribution is -0.121. The minimum atomic E-state index is -1.12. The van der Waals surface area contributed by atoms with Crippen LogP contribution in [0.2, 0.25) is 0 Å². The first kappa shape index (κ1) is 14.2. The molecular formula is C10H10F3N3OS. The molecular weight excluding hydrogens is 267 g/mol. The van der Waals surface area contributed by atoms with Crippen molar-refractivity contribution in [1.82, 2.24) is 10.4 Å². The van der Waals surface area contributed by atoms with Gasteiger partial charge in [0.25, 0.3) is 0 Å². The number of benzene rings is 1. The van der Waals surface area contributed by atoms with Crippen LogP contribution in [0.15, 0.2) is 12.1 Å². The van der Waals surface area contributed by atoms with E-state index < -0.39 is 29.0 Å². The Kier molecular flexibility index (Phi) is 4.49. The predicted molar refractivity (Wildman–Crippen MR) is 64.1 cm³/mol. The molecule has 0 fully saturated rings. The number of carbonyl (C=O) groups excluding carboxylic acids is 1. The normalized spacial score (nSPS) is 9.83. The largest absolute Gasteiger partial charge is 0.326 e. The van der Waals surface area contributed by atoms with Gasteiger partial charge in [-0.3, -0.25) is 15.2 Å². The van der Waals surface area contributed by atoms with Gasteiger partial charge in [0, 0.05) is 26.1 Å². The molecule has 0 aliphatic heterocycles. The van der Waals surface area contributed by atoms with E-state index in [0.29, 0.717) is 12.1 Å².